The number of rotatable bonds is 3. The van der Waals surface area contributed by atoms with Gasteiger partial charge in [0.15, 0.2) is 11.5 Å². The van der Waals surface area contributed by atoms with Crippen LogP contribution in [0.4, 0.5) is 11.8 Å². The highest BCUT2D eigenvalue weighted by molar-refractivity contribution is 5.91. The summed E-state index contributed by atoms with van der Waals surface area (Å²) in [7, 11) is 3.20. The van der Waals surface area contributed by atoms with Gasteiger partial charge in [-0.25, -0.2) is 4.98 Å². The largest absolute Gasteiger partial charge is 0.493 e. The van der Waals surface area contributed by atoms with Gasteiger partial charge in [0.1, 0.15) is 5.82 Å². The third-order valence-electron chi connectivity index (χ3n) is 3.84. The van der Waals surface area contributed by atoms with E-state index in [1.54, 1.807) is 14.2 Å². The number of methoxy groups -OCH3 is 2. The molecule has 3 rings (SSSR count). The van der Waals surface area contributed by atoms with Gasteiger partial charge in [0.25, 0.3) is 0 Å². The molecule has 1 saturated heterocycles. The molecule has 0 atom stereocenters. The number of anilines is 2. The van der Waals surface area contributed by atoms with Gasteiger partial charge in [-0.2, -0.15) is 4.98 Å². The third-order valence-corrected chi connectivity index (χ3v) is 3.84. The fourth-order valence-corrected chi connectivity index (χ4v) is 2.65. The molecule has 0 bridgehead atoms. The van der Waals surface area contributed by atoms with Crippen molar-refractivity contribution < 1.29 is 9.47 Å². The SMILES string of the molecule is COc1cc2nc(N3CCCNCC3)nc(N)c2cc1OC. The highest BCUT2D eigenvalue weighted by Gasteiger charge is 2.16. The van der Waals surface area contributed by atoms with E-state index in [0.29, 0.717) is 23.3 Å². The van der Waals surface area contributed by atoms with Crippen molar-refractivity contribution >= 4 is 22.7 Å². The predicted molar refractivity (Wildman–Crippen MR) is 86.8 cm³/mol. The molecule has 1 aliphatic heterocycles. The molecule has 22 heavy (non-hydrogen) atoms. The van der Waals surface area contributed by atoms with Crippen LogP contribution in [0.3, 0.4) is 0 Å². The van der Waals surface area contributed by atoms with Crippen LogP contribution in [0.15, 0.2) is 12.1 Å². The Balaban J connectivity index is 2.06. The number of aromatic nitrogens is 2. The number of hydrogen-bond donors (Lipinski definition) is 2. The number of nitrogens with two attached hydrogens (primary N) is 1. The quantitative estimate of drug-likeness (QED) is 0.876. The van der Waals surface area contributed by atoms with Crippen molar-refractivity contribution in [2.75, 3.05) is 51.0 Å². The third kappa shape index (κ3) is 2.71. The van der Waals surface area contributed by atoms with E-state index in [-0.39, 0.29) is 0 Å². The summed E-state index contributed by atoms with van der Waals surface area (Å²) >= 11 is 0. The molecule has 3 N–H and O–H groups in total. The lowest BCUT2D eigenvalue weighted by atomic mass is 10.2. The molecule has 1 aromatic heterocycles. The number of benzene rings is 1. The molecule has 0 spiro atoms. The summed E-state index contributed by atoms with van der Waals surface area (Å²) in [6.07, 6.45) is 1.06. The first-order valence-electron chi connectivity index (χ1n) is 7.38. The highest BCUT2D eigenvalue weighted by atomic mass is 16.5. The molecule has 1 fully saturated rings. The Kier molecular flexibility index (Phi) is 4.15. The summed E-state index contributed by atoms with van der Waals surface area (Å²) in [5.74, 6) is 2.38. The Hall–Kier alpha value is -2.28. The van der Waals surface area contributed by atoms with E-state index in [9.17, 15) is 0 Å². The molecule has 7 heteroatoms. The highest BCUT2D eigenvalue weighted by Crippen LogP contribution is 2.34. The molecule has 1 aliphatic rings. The summed E-state index contributed by atoms with van der Waals surface area (Å²) in [5.41, 5.74) is 6.89. The summed E-state index contributed by atoms with van der Waals surface area (Å²) in [5, 5.41) is 4.14. The number of nitrogens with zero attached hydrogens (tertiary/aromatic N) is 3. The molecule has 0 unspecified atom stereocenters. The molecule has 118 valence electrons. The Morgan fingerprint density at radius 1 is 1.09 bits per heavy atom. The van der Waals surface area contributed by atoms with Crippen LogP contribution in [-0.2, 0) is 0 Å². The Bertz CT molecular complexity index is 669. The Morgan fingerprint density at radius 2 is 1.86 bits per heavy atom. The number of nitrogens with one attached hydrogen (secondary N) is 1. The molecule has 2 aromatic rings. The first-order valence-corrected chi connectivity index (χ1v) is 7.38. The van der Waals surface area contributed by atoms with Crippen LogP contribution in [0.5, 0.6) is 11.5 Å². The minimum atomic E-state index is 0.457. The average Bonchev–Trinajstić information content (AvgIpc) is 2.82. The number of fused-ring (bicyclic) bond motifs is 1. The normalized spacial score (nSPS) is 15.6. The zero-order chi connectivity index (χ0) is 15.5. The van der Waals surface area contributed by atoms with Crippen LogP contribution < -0.4 is 25.4 Å². The molecule has 0 saturated carbocycles. The lowest BCUT2D eigenvalue weighted by Gasteiger charge is -2.20. The maximum absolute atomic E-state index is 6.13. The van der Waals surface area contributed by atoms with Gasteiger partial charge in [-0.05, 0) is 19.0 Å². The van der Waals surface area contributed by atoms with Crippen LogP contribution in [0.25, 0.3) is 10.9 Å². The Morgan fingerprint density at radius 3 is 2.64 bits per heavy atom. The molecule has 7 nitrogen and oxygen atoms in total. The first-order chi connectivity index (χ1) is 10.7. The lowest BCUT2D eigenvalue weighted by Crippen LogP contribution is -2.29. The van der Waals surface area contributed by atoms with Crippen molar-refractivity contribution in [3.05, 3.63) is 12.1 Å². The van der Waals surface area contributed by atoms with Crippen LogP contribution >= 0.6 is 0 Å². The van der Waals surface area contributed by atoms with Crippen molar-refractivity contribution in [1.82, 2.24) is 15.3 Å². The number of nitrogen functional groups attached to an aromatic ring is 1. The van der Waals surface area contributed by atoms with Crippen LogP contribution in [0.2, 0.25) is 0 Å². The standard InChI is InChI=1S/C15H21N5O2/c1-21-12-8-10-11(9-13(12)22-2)18-15(19-14(10)16)20-6-3-4-17-5-7-20/h8-9,17H,3-7H2,1-2H3,(H2,16,18,19). The second kappa shape index (κ2) is 6.23. The summed E-state index contributed by atoms with van der Waals surface area (Å²) < 4.78 is 10.6. The van der Waals surface area contributed by atoms with E-state index in [2.05, 4.69) is 20.2 Å². The van der Waals surface area contributed by atoms with E-state index >= 15 is 0 Å². The van der Waals surface area contributed by atoms with Crippen molar-refractivity contribution in [3.8, 4) is 11.5 Å². The van der Waals surface area contributed by atoms with Crippen molar-refractivity contribution in [3.63, 3.8) is 0 Å². The monoisotopic (exact) mass is 303 g/mol. The van der Waals surface area contributed by atoms with Gasteiger partial charge in [-0.3, -0.25) is 0 Å². The second-order valence-corrected chi connectivity index (χ2v) is 5.22. The fourth-order valence-electron chi connectivity index (χ4n) is 2.65. The predicted octanol–water partition coefficient (Wildman–Crippen LogP) is 1.03. The molecule has 2 heterocycles. The second-order valence-electron chi connectivity index (χ2n) is 5.22. The van der Waals surface area contributed by atoms with E-state index in [0.717, 1.165) is 43.5 Å². The van der Waals surface area contributed by atoms with Crippen LogP contribution in [0.1, 0.15) is 6.42 Å². The van der Waals surface area contributed by atoms with E-state index in [1.807, 2.05) is 12.1 Å². The summed E-state index contributed by atoms with van der Waals surface area (Å²) in [6, 6.07) is 3.66. The van der Waals surface area contributed by atoms with Crippen LogP contribution in [-0.4, -0.2) is 50.4 Å². The minimum Gasteiger partial charge on any atom is -0.493 e. The first kappa shape index (κ1) is 14.6. The maximum atomic E-state index is 6.13. The number of ether oxygens (including phenoxy) is 2. The van der Waals surface area contributed by atoms with Crippen molar-refractivity contribution in [1.29, 1.82) is 0 Å². The van der Waals surface area contributed by atoms with E-state index in [1.165, 1.54) is 0 Å². The fraction of sp³-hybridized carbons (Fsp3) is 0.467. The number of hydrogen-bond acceptors (Lipinski definition) is 7. The van der Waals surface area contributed by atoms with Gasteiger partial charge in [-0.1, -0.05) is 0 Å². The molecule has 0 aliphatic carbocycles. The molecule has 1 aromatic carbocycles. The van der Waals surface area contributed by atoms with Crippen molar-refractivity contribution in [2.45, 2.75) is 6.42 Å². The molecular weight excluding hydrogens is 282 g/mol. The molecule has 0 radical (unpaired) electrons. The zero-order valence-corrected chi connectivity index (χ0v) is 12.9. The molecular formula is C15H21N5O2. The van der Waals surface area contributed by atoms with Crippen LogP contribution in [0, 0.1) is 0 Å². The maximum Gasteiger partial charge on any atom is 0.227 e. The van der Waals surface area contributed by atoms with Gasteiger partial charge in [0, 0.05) is 31.1 Å². The van der Waals surface area contributed by atoms with Gasteiger partial charge in [-0.15, -0.1) is 0 Å². The van der Waals surface area contributed by atoms with Gasteiger partial charge in [0.05, 0.1) is 19.7 Å². The average molecular weight is 303 g/mol. The Labute approximate surface area is 129 Å². The smallest absolute Gasteiger partial charge is 0.227 e. The van der Waals surface area contributed by atoms with Crippen molar-refractivity contribution in [2.24, 2.45) is 0 Å². The minimum absolute atomic E-state index is 0.457. The van der Waals surface area contributed by atoms with Gasteiger partial charge >= 0.3 is 0 Å². The zero-order valence-electron chi connectivity index (χ0n) is 12.9. The van der Waals surface area contributed by atoms with E-state index in [4.69, 9.17) is 15.2 Å². The van der Waals surface area contributed by atoms with Gasteiger partial charge < -0.3 is 25.4 Å². The van der Waals surface area contributed by atoms with E-state index < -0.39 is 0 Å². The van der Waals surface area contributed by atoms with Gasteiger partial charge in [0.2, 0.25) is 5.95 Å². The lowest BCUT2D eigenvalue weighted by molar-refractivity contribution is 0.356. The summed E-state index contributed by atoms with van der Waals surface area (Å²) in [4.78, 5) is 11.3. The summed E-state index contributed by atoms with van der Waals surface area (Å²) in [6.45, 7) is 3.74. The molecule has 0 amide bonds. The topological polar surface area (TPSA) is 85.5 Å².